The maximum absolute atomic E-state index is 9.92. The second kappa shape index (κ2) is 4.78. The lowest BCUT2D eigenvalue weighted by Crippen LogP contribution is -2.59. The Kier molecular flexibility index (Phi) is 3.61. The molecule has 0 amide bonds. The largest absolute Gasteiger partial charge is 0.391 e. The Morgan fingerprint density at radius 2 is 2.13 bits per heavy atom. The molecule has 0 aromatic rings. The molecule has 4 heteroatoms. The van der Waals surface area contributed by atoms with Crippen molar-refractivity contribution in [3.05, 3.63) is 0 Å². The second-order valence-corrected chi connectivity index (χ2v) is 4.96. The Morgan fingerprint density at radius 3 is 2.73 bits per heavy atom. The molecule has 0 aromatic carbocycles. The minimum Gasteiger partial charge on any atom is -0.391 e. The summed E-state index contributed by atoms with van der Waals surface area (Å²) < 4.78 is 0. The molecule has 1 saturated heterocycles. The summed E-state index contributed by atoms with van der Waals surface area (Å²) in [4.78, 5) is 4.77. The van der Waals surface area contributed by atoms with Crippen molar-refractivity contribution >= 4 is 0 Å². The number of hydrogen-bond acceptors (Lipinski definition) is 4. The lowest BCUT2D eigenvalue weighted by atomic mass is 10.1. The van der Waals surface area contributed by atoms with E-state index >= 15 is 0 Å². The van der Waals surface area contributed by atoms with Gasteiger partial charge in [-0.25, -0.2) is 0 Å². The number of hydrogen-bond donors (Lipinski definition) is 2. The van der Waals surface area contributed by atoms with E-state index in [9.17, 15) is 5.11 Å². The highest BCUT2D eigenvalue weighted by Gasteiger charge is 2.36. The van der Waals surface area contributed by atoms with E-state index in [-0.39, 0.29) is 6.10 Å². The molecular weight excluding hydrogens is 190 g/mol. The van der Waals surface area contributed by atoms with Crippen LogP contribution < -0.4 is 5.73 Å². The van der Waals surface area contributed by atoms with Crippen LogP contribution in [-0.2, 0) is 0 Å². The summed E-state index contributed by atoms with van der Waals surface area (Å²) in [6, 6.07) is 0.800. The summed E-state index contributed by atoms with van der Waals surface area (Å²) >= 11 is 0. The van der Waals surface area contributed by atoms with Crippen molar-refractivity contribution in [3.63, 3.8) is 0 Å². The Labute approximate surface area is 92.0 Å². The monoisotopic (exact) mass is 213 g/mol. The van der Waals surface area contributed by atoms with E-state index in [4.69, 9.17) is 5.73 Å². The Balaban J connectivity index is 2.00. The molecule has 15 heavy (non-hydrogen) atoms. The number of aliphatic hydroxyl groups is 1. The summed E-state index contributed by atoms with van der Waals surface area (Å²) in [5.41, 5.74) is 5.82. The number of aliphatic hydroxyl groups excluding tert-OH is 1. The van der Waals surface area contributed by atoms with Gasteiger partial charge in [-0.3, -0.25) is 4.90 Å². The zero-order valence-corrected chi connectivity index (χ0v) is 9.60. The molecule has 3 atom stereocenters. The van der Waals surface area contributed by atoms with Gasteiger partial charge in [-0.2, -0.15) is 0 Å². The first-order chi connectivity index (χ1) is 7.22. The Bertz CT molecular complexity index is 212. The van der Waals surface area contributed by atoms with Crippen LogP contribution in [0, 0.1) is 0 Å². The molecule has 0 radical (unpaired) electrons. The molecule has 2 rings (SSSR count). The van der Waals surface area contributed by atoms with Gasteiger partial charge >= 0.3 is 0 Å². The van der Waals surface area contributed by atoms with E-state index in [2.05, 4.69) is 16.8 Å². The zero-order valence-electron chi connectivity index (χ0n) is 9.60. The summed E-state index contributed by atoms with van der Waals surface area (Å²) in [7, 11) is 2.14. The average Bonchev–Trinajstić information content (AvgIpc) is 2.64. The first-order valence-electron chi connectivity index (χ1n) is 6.05. The van der Waals surface area contributed by atoms with Crippen LogP contribution in [-0.4, -0.2) is 66.3 Å². The second-order valence-electron chi connectivity index (χ2n) is 4.96. The lowest BCUT2D eigenvalue weighted by Gasteiger charge is -2.43. The van der Waals surface area contributed by atoms with Crippen molar-refractivity contribution in [1.82, 2.24) is 9.80 Å². The van der Waals surface area contributed by atoms with Crippen molar-refractivity contribution in [2.24, 2.45) is 5.73 Å². The highest BCUT2D eigenvalue weighted by atomic mass is 16.3. The SMILES string of the molecule is CN1CCN(C2CCCC2O)C(CN)C1. The standard InChI is InChI=1S/C11H23N3O/c1-13-5-6-14(9(7-12)8-13)10-3-2-4-11(10)15/h9-11,15H,2-8,12H2,1H3. The van der Waals surface area contributed by atoms with E-state index in [0.29, 0.717) is 18.6 Å². The number of nitrogens with two attached hydrogens (primary N) is 1. The predicted molar refractivity (Wildman–Crippen MR) is 60.7 cm³/mol. The molecule has 3 N–H and O–H groups in total. The van der Waals surface area contributed by atoms with Crippen LogP contribution in [0.4, 0.5) is 0 Å². The van der Waals surface area contributed by atoms with E-state index in [1.807, 2.05) is 0 Å². The van der Waals surface area contributed by atoms with Crippen molar-refractivity contribution < 1.29 is 5.11 Å². The molecule has 1 aliphatic carbocycles. The fourth-order valence-electron chi connectivity index (χ4n) is 2.98. The lowest BCUT2D eigenvalue weighted by molar-refractivity contribution is 0.00688. The highest BCUT2D eigenvalue weighted by molar-refractivity contribution is 4.92. The van der Waals surface area contributed by atoms with E-state index in [0.717, 1.165) is 38.9 Å². The highest BCUT2D eigenvalue weighted by Crippen LogP contribution is 2.26. The molecule has 2 fully saturated rings. The van der Waals surface area contributed by atoms with E-state index < -0.39 is 0 Å². The molecule has 1 heterocycles. The van der Waals surface area contributed by atoms with Gasteiger partial charge in [0.25, 0.3) is 0 Å². The topological polar surface area (TPSA) is 52.7 Å². The number of rotatable bonds is 2. The quantitative estimate of drug-likeness (QED) is 0.648. The molecule has 1 aliphatic heterocycles. The van der Waals surface area contributed by atoms with Crippen LogP contribution >= 0.6 is 0 Å². The summed E-state index contributed by atoms with van der Waals surface area (Å²) in [5, 5.41) is 9.92. The fourth-order valence-corrected chi connectivity index (χ4v) is 2.98. The first-order valence-corrected chi connectivity index (χ1v) is 6.05. The van der Waals surface area contributed by atoms with Gasteiger partial charge in [0.2, 0.25) is 0 Å². The van der Waals surface area contributed by atoms with Crippen LogP contribution in [0.1, 0.15) is 19.3 Å². The summed E-state index contributed by atoms with van der Waals surface area (Å²) in [6.45, 7) is 3.90. The number of likely N-dealkylation sites (N-methyl/N-ethyl adjacent to an activating group) is 1. The van der Waals surface area contributed by atoms with Gasteiger partial charge in [-0.1, -0.05) is 0 Å². The third-order valence-corrected chi connectivity index (χ3v) is 3.87. The molecular formula is C11H23N3O. The minimum absolute atomic E-state index is 0.123. The van der Waals surface area contributed by atoms with Crippen LogP contribution in [0.2, 0.25) is 0 Å². The van der Waals surface area contributed by atoms with Crippen molar-refractivity contribution in [2.75, 3.05) is 33.2 Å². The maximum atomic E-state index is 9.92. The average molecular weight is 213 g/mol. The van der Waals surface area contributed by atoms with Gasteiger partial charge in [0.1, 0.15) is 0 Å². The van der Waals surface area contributed by atoms with E-state index in [1.54, 1.807) is 0 Å². The zero-order chi connectivity index (χ0) is 10.8. The molecule has 3 unspecified atom stereocenters. The summed E-state index contributed by atoms with van der Waals surface area (Å²) in [6.07, 6.45) is 3.15. The molecule has 0 bridgehead atoms. The maximum Gasteiger partial charge on any atom is 0.0695 e. The first kappa shape index (κ1) is 11.3. The Morgan fingerprint density at radius 1 is 1.33 bits per heavy atom. The number of piperazine rings is 1. The third kappa shape index (κ3) is 2.33. The smallest absolute Gasteiger partial charge is 0.0695 e. The van der Waals surface area contributed by atoms with E-state index in [1.165, 1.54) is 0 Å². The van der Waals surface area contributed by atoms with Crippen molar-refractivity contribution in [3.8, 4) is 0 Å². The van der Waals surface area contributed by atoms with Crippen molar-refractivity contribution in [1.29, 1.82) is 0 Å². The summed E-state index contributed by atoms with van der Waals surface area (Å²) in [5.74, 6) is 0. The predicted octanol–water partition coefficient (Wildman–Crippen LogP) is -0.525. The van der Waals surface area contributed by atoms with Crippen LogP contribution in [0.15, 0.2) is 0 Å². The molecule has 0 aromatic heterocycles. The van der Waals surface area contributed by atoms with Gasteiger partial charge in [0, 0.05) is 38.3 Å². The van der Waals surface area contributed by atoms with Crippen LogP contribution in [0.3, 0.4) is 0 Å². The Hall–Kier alpha value is -0.160. The molecule has 88 valence electrons. The number of nitrogens with zero attached hydrogens (tertiary/aromatic N) is 2. The van der Waals surface area contributed by atoms with Gasteiger partial charge < -0.3 is 15.7 Å². The van der Waals surface area contributed by atoms with Gasteiger partial charge in [0.05, 0.1) is 6.10 Å². The fraction of sp³-hybridized carbons (Fsp3) is 1.00. The van der Waals surface area contributed by atoms with Crippen LogP contribution in [0.5, 0.6) is 0 Å². The van der Waals surface area contributed by atoms with Crippen molar-refractivity contribution in [2.45, 2.75) is 37.5 Å². The molecule has 2 aliphatic rings. The van der Waals surface area contributed by atoms with Gasteiger partial charge in [0.15, 0.2) is 0 Å². The van der Waals surface area contributed by atoms with Crippen LogP contribution in [0.25, 0.3) is 0 Å². The molecule has 1 saturated carbocycles. The van der Waals surface area contributed by atoms with Gasteiger partial charge in [-0.05, 0) is 26.3 Å². The third-order valence-electron chi connectivity index (χ3n) is 3.87. The molecule has 0 spiro atoms. The minimum atomic E-state index is -0.123. The normalized spacial score (nSPS) is 39.8. The molecule has 4 nitrogen and oxygen atoms in total. The van der Waals surface area contributed by atoms with Gasteiger partial charge in [-0.15, -0.1) is 0 Å².